The monoisotopic (exact) mass is 283 g/mol. The molecule has 2 aromatic carbocycles. The highest BCUT2D eigenvalue weighted by Crippen LogP contribution is 2.32. The van der Waals surface area contributed by atoms with Gasteiger partial charge < -0.3 is 5.73 Å². The lowest BCUT2D eigenvalue weighted by Crippen LogP contribution is -2.35. The predicted octanol–water partition coefficient (Wildman–Crippen LogP) is 4.35. The minimum Gasteiger partial charge on any atom is -0.318 e. The van der Waals surface area contributed by atoms with E-state index < -0.39 is 5.54 Å². The van der Waals surface area contributed by atoms with Crippen LogP contribution in [0.15, 0.2) is 42.5 Å². The molecule has 1 atom stereocenters. The Bertz CT molecular complexity index is 582. The Morgan fingerprint density at radius 3 is 2.33 bits per heavy atom. The quantitative estimate of drug-likeness (QED) is 0.871. The van der Waals surface area contributed by atoms with Crippen LogP contribution in [0.25, 0.3) is 0 Å². The topological polar surface area (TPSA) is 26.0 Å². The second kappa shape index (κ2) is 4.88. The zero-order valence-corrected chi connectivity index (χ0v) is 11.3. The highest BCUT2D eigenvalue weighted by molar-refractivity contribution is 6.42. The average molecular weight is 284 g/mol. The standard InChI is InChI=1S/C14H12Cl2FN/c1-14(18,10-4-2-3-5-13(10)17)9-6-7-11(15)12(16)8-9/h2-8H,18H2,1H3. The van der Waals surface area contributed by atoms with E-state index in [-0.39, 0.29) is 5.82 Å². The van der Waals surface area contributed by atoms with Crippen LogP contribution in [0.4, 0.5) is 4.39 Å². The number of nitrogens with two attached hydrogens (primary N) is 1. The first kappa shape index (κ1) is 13.3. The van der Waals surface area contributed by atoms with Gasteiger partial charge in [-0.25, -0.2) is 4.39 Å². The van der Waals surface area contributed by atoms with Crippen LogP contribution in [-0.4, -0.2) is 0 Å². The molecular weight excluding hydrogens is 272 g/mol. The Labute approximate surface area is 115 Å². The van der Waals surface area contributed by atoms with Crippen LogP contribution in [0.1, 0.15) is 18.1 Å². The molecule has 4 heteroatoms. The van der Waals surface area contributed by atoms with Crippen molar-refractivity contribution in [1.29, 1.82) is 0 Å². The molecule has 1 unspecified atom stereocenters. The van der Waals surface area contributed by atoms with Gasteiger partial charge >= 0.3 is 0 Å². The van der Waals surface area contributed by atoms with Crippen molar-refractivity contribution in [1.82, 2.24) is 0 Å². The Morgan fingerprint density at radius 1 is 1.06 bits per heavy atom. The Kier molecular flexibility index (Phi) is 3.62. The normalized spacial score (nSPS) is 14.3. The molecule has 0 fully saturated rings. The maximum absolute atomic E-state index is 13.8. The van der Waals surface area contributed by atoms with Crippen molar-refractivity contribution in [2.45, 2.75) is 12.5 Å². The number of hydrogen-bond acceptors (Lipinski definition) is 1. The van der Waals surface area contributed by atoms with Crippen molar-refractivity contribution in [2.75, 3.05) is 0 Å². The number of hydrogen-bond donors (Lipinski definition) is 1. The smallest absolute Gasteiger partial charge is 0.128 e. The van der Waals surface area contributed by atoms with Gasteiger partial charge in [-0.1, -0.05) is 47.5 Å². The first-order valence-electron chi connectivity index (χ1n) is 5.42. The summed E-state index contributed by atoms with van der Waals surface area (Å²) >= 11 is 11.8. The van der Waals surface area contributed by atoms with Crippen LogP contribution in [0.2, 0.25) is 10.0 Å². The molecule has 2 rings (SSSR count). The fraction of sp³-hybridized carbons (Fsp3) is 0.143. The third-order valence-electron chi connectivity index (χ3n) is 2.95. The molecule has 2 aromatic rings. The third kappa shape index (κ3) is 2.37. The van der Waals surface area contributed by atoms with E-state index in [1.54, 1.807) is 43.3 Å². The van der Waals surface area contributed by atoms with E-state index >= 15 is 0 Å². The van der Waals surface area contributed by atoms with Gasteiger partial charge in [0, 0.05) is 5.56 Å². The van der Waals surface area contributed by atoms with Crippen LogP contribution < -0.4 is 5.73 Å². The van der Waals surface area contributed by atoms with Gasteiger partial charge in [0.25, 0.3) is 0 Å². The SMILES string of the molecule is CC(N)(c1ccc(Cl)c(Cl)c1)c1ccccc1F. The molecule has 18 heavy (non-hydrogen) atoms. The molecule has 1 nitrogen and oxygen atoms in total. The zero-order valence-electron chi connectivity index (χ0n) is 9.75. The summed E-state index contributed by atoms with van der Waals surface area (Å²) in [5.74, 6) is -0.339. The first-order chi connectivity index (χ1) is 8.43. The zero-order chi connectivity index (χ0) is 13.3. The van der Waals surface area contributed by atoms with E-state index in [4.69, 9.17) is 28.9 Å². The summed E-state index contributed by atoms with van der Waals surface area (Å²) in [7, 11) is 0. The maximum atomic E-state index is 13.8. The largest absolute Gasteiger partial charge is 0.318 e. The highest BCUT2D eigenvalue weighted by atomic mass is 35.5. The molecule has 0 radical (unpaired) electrons. The van der Waals surface area contributed by atoms with Crippen LogP contribution in [-0.2, 0) is 5.54 Å². The maximum Gasteiger partial charge on any atom is 0.128 e. The minimum absolute atomic E-state index is 0.339. The van der Waals surface area contributed by atoms with E-state index in [1.165, 1.54) is 6.07 Å². The van der Waals surface area contributed by atoms with Crippen molar-refractivity contribution in [3.8, 4) is 0 Å². The molecule has 0 aliphatic heterocycles. The number of halogens is 3. The van der Waals surface area contributed by atoms with Crippen LogP contribution >= 0.6 is 23.2 Å². The molecule has 0 bridgehead atoms. The van der Waals surface area contributed by atoms with Gasteiger partial charge in [0.15, 0.2) is 0 Å². The molecular formula is C14H12Cl2FN. The van der Waals surface area contributed by atoms with Gasteiger partial charge in [0.05, 0.1) is 15.6 Å². The van der Waals surface area contributed by atoms with E-state index in [9.17, 15) is 4.39 Å². The van der Waals surface area contributed by atoms with Gasteiger partial charge in [0.1, 0.15) is 5.82 Å². The van der Waals surface area contributed by atoms with Gasteiger partial charge in [-0.15, -0.1) is 0 Å². The van der Waals surface area contributed by atoms with Crippen molar-refractivity contribution < 1.29 is 4.39 Å². The molecule has 0 heterocycles. The van der Waals surface area contributed by atoms with Gasteiger partial charge in [0.2, 0.25) is 0 Å². The lowest BCUT2D eigenvalue weighted by atomic mass is 9.85. The molecule has 0 aliphatic carbocycles. The summed E-state index contributed by atoms with van der Waals surface area (Å²) in [4.78, 5) is 0. The second-order valence-electron chi connectivity index (χ2n) is 4.31. The number of benzene rings is 2. The van der Waals surface area contributed by atoms with Crippen molar-refractivity contribution in [3.05, 3.63) is 69.5 Å². The summed E-state index contributed by atoms with van der Waals surface area (Å²) < 4.78 is 13.8. The van der Waals surface area contributed by atoms with Crippen molar-refractivity contribution in [2.24, 2.45) is 5.73 Å². The fourth-order valence-corrected chi connectivity index (χ4v) is 2.16. The van der Waals surface area contributed by atoms with Crippen LogP contribution in [0.3, 0.4) is 0 Å². The molecule has 0 saturated heterocycles. The molecule has 0 aromatic heterocycles. The summed E-state index contributed by atoms with van der Waals surface area (Å²) in [6.45, 7) is 1.74. The molecule has 0 saturated carbocycles. The lowest BCUT2D eigenvalue weighted by Gasteiger charge is -2.26. The van der Waals surface area contributed by atoms with Crippen LogP contribution in [0.5, 0.6) is 0 Å². The fourth-order valence-electron chi connectivity index (χ4n) is 1.86. The summed E-state index contributed by atoms with van der Waals surface area (Å²) in [5, 5.41) is 0.854. The van der Waals surface area contributed by atoms with Crippen molar-refractivity contribution in [3.63, 3.8) is 0 Å². The van der Waals surface area contributed by atoms with Crippen molar-refractivity contribution >= 4 is 23.2 Å². The Balaban J connectivity index is 2.54. The van der Waals surface area contributed by atoms with E-state index in [1.807, 2.05) is 0 Å². The summed E-state index contributed by atoms with van der Waals surface area (Å²) in [6.07, 6.45) is 0. The van der Waals surface area contributed by atoms with Crippen LogP contribution in [0, 0.1) is 5.82 Å². The van der Waals surface area contributed by atoms with Gasteiger partial charge in [-0.05, 0) is 30.7 Å². The molecule has 2 N–H and O–H groups in total. The lowest BCUT2D eigenvalue weighted by molar-refractivity contribution is 0.531. The Hall–Kier alpha value is -1.09. The third-order valence-corrected chi connectivity index (χ3v) is 3.69. The van der Waals surface area contributed by atoms with E-state index in [0.717, 1.165) is 0 Å². The van der Waals surface area contributed by atoms with E-state index in [0.29, 0.717) is 21.2 Å². The summed E-state index contributed by atoms with van der Waals surface area (Å²) in [5.41, 5.74) is 6.41. The highest BCUT2D eigenvalue weighted by Gasteiger charge is 2.27. The van der Waals surface area contributed by atoms with Gasteiger partial charge in [-0.3, -0.25) is 0 Å². The summed E-state index contributed by atoms with van der Waals surface area (Å²) in [6, 6.07) is 11.5. The number of rotatable bonds is 2. The molecule has 0 aliphatic rings. The van der Waals surface area contributed by atoms with E-state index in [2.05, 4.69) is 0 Å². The minimum atomic E-state index is -0.959. The molecule has 94 valence electrons. The average Bonchev–Trinajstić information content (AvgIpc) is 2.33. The molecule has 0 spiro atoms. The predicted molar refractivity (Wildman–Crippen MR) is 73.5 cm³/mol. The first-order valence-corrected chi connectivity index (χ1v) is 6.18. The van der Waals surface area contributed by atoms with Gasteiger partial charge in [-0.2, -0.15) is 0 Å². The second-order valence-corrected chi connectivity index (χ2v) is 5.13. The molecule has 0 amide bonds. The Morgan fingerprint density at radius 2 is 1.72 bits per heavy atom.